The first-order chi connectivity index (χ1) is 13.7. The van der Waals surface area contributed by atoms with Crippen LogP contribution < -0.4 is 10.0 Å². The molecular formula is C24H19O3P. The second-order valence-electron chi connectivity index (χ2n) is 6.47. The summed E-state index contributed by atoms with van der Waals surface area (Å²) in [7, 11) is -1.17. The Morgan fingerprint density at radius 3 is 2.11 bits per heavy atom. The van der Waals surface area contributed by atoms with Crippen LogP contribution in [0.25, 0.3) is 21.9 Å². The molecule has 0 N–H and O–H groups in total. The summed E-state index contributed by atoms with van der Waals surface area (Å²) in [5, 5.41) is 2.22. The molecule has 0 amide bonds. The van der Waals surface area contributed by atoms with E-state index in [1.165, 1.54) is 7.11 Å². The van der Waals surface area contributed by atoms with E-state index in [1.54, 1.807) is 18.2 Å². The molecule has 0 aliphatic heterocycles. The molecule has 0 radical (unpaired) electrons. The van der Waals surface area contributed by atoms with E-state index in [-0.39, 0.29) is 5.52 Å². The highest BCUT2D eigenvalue weighted by Crippen LogP contribution is 2.36. The topological polar surface area (TPSA) is 43.4 Å². The maximum absolute atomic E-state index is 13.1. The Hall–Kier alpha value is -3.16. The number of hydrogen-bond donors (Lipinski definition) is 0. The SMILES string of the molecule is COc1ccc2ccccc2c1C(=O)[PH](=O)c1ccc(-c2ccccc2)cc1. The minimum Gasteiger partial charge on any atom is -0.496 e. The van der Waals surface area contributed by atoms with Gasteiger partial charge in [0.05, 0.1) is 12.7 Å². The third-order valence-electron chi connectivity index (χ3n) is 4.80. The van der Waals surface area contributed by atoms with Crippen LogP contribution in [0.5, 0.6) is 5.75 Å². The number of carbonyl (C=O) groups excluding carboxylic acids is 1. The van der Waals surface area contributed by atoms with Gasteiger partial charge >= 0.3 is 0 Å². The van der Waals surface area contributed by atoms with Crippen LogP contribution in [0.1, 0.15) is 10.4 Å². The first-order valence-corrected chi connectivity index (χ1v) is 10.4. The van der Waals surface area contributed by atoms with Crippen LogP contribution in [-0.4, -0.2) is 12.6 Å². The fraction of sp³-hybridized carbons (Fsp3) is 0.0417. The van der Waals surface area contributed by atoms with E-state index in [0.29, 0.717) is 16.6 Å². The summed E-state index contributed by atoms with van der Waals surface area (Å²) in [6.07, 6.45) is 0. The van der Waals surface area contributed by atoms with Crippen LogP contribution in [-0.2, 0) is 4.57 Å². The van der Waals surface area contributed by atoms with Gasteiger partial charge in [0.1, 0.15) is 5.75 Å². The average molecular weight is 386 g/mol. The van der Waals surface area contributed by atoms with E-state index in [1.807, 2.05) is 72.8 Å². The fourth-order valence-electron chi connectivity index (χ4n) is 3.35. The zero-order chi connectivity index (χ0) is 19.5. The molecule has 4 rings (SSSR count). The number of hydrogen-bond acceptors (Lipinski definition) is 3. The van der Waals surface area contributed by atoms with Gasteiger partial charge in [0.2, 0.25) is 5.52 Å². The summed E-state index contributed by atoms with van der Waals surface area (Å²) < 4.78 is 18.5. The lowest BCUT2D eigenvalue weighted by Gasteiger charge is -2.11. The molecule has 0 heterocycles. The summed E-state index contributed by atoms with van der Waals surface area (Å²) in [6.45, 7) is 0. The maximum Gasteiger partial charge on any atom is 0.227 e. The summed E-state index contributed by atoms with van der Waals surface area (Å²) in [5.41, 5.74) is 2.10. The van der Waals surface area contributed by atoms with Crippen molar-refractivity contribution in [2.45, 2.75) is 0 Å². The van der Waals surface area contributed by atoms with Crippen LogP contribution in [0.2, 0.25) is 0 Å². The second-order valence-corrected chi connectivity index (χ2v) is 8.16. The molecule has 4 aromatic carbocycles. The highest BCUT2D eigenvalue weighted by atomic mass is 31.1. The molecule has 4 aromatic rings. The van der Waals surface area contributed by atoms with Crippen molar-refractivity contribution in [3.63, 3.8) is 0 Å². The number of benzene rings is 4. The zero-order valence-electron chi connectivity index (χ0n) is 15.4. The molecule has 0 saturated heterocycles. The van der Waals surface area contributed by atoms with Crippen molar-refractivity contribution in [3.05, 3.63) is 96.6 Å². The molecule has 0 aromatic heterocycles. The smallest absolute Gasteiger partial charge is 0.227 e. The largest absolute Gasteiger partial charge is 0.496 e. The third kappa shape index (κ3) is 3.37. The van der Waals surface area contributed by atoms with Gasteiger partial charge in [-0.3, -0.25) is 4.79 Å². The lowest BCUT2D eigenvalue weighted by atomic mass is 10.0. The first kappa shape index (κ1) is 18.2. The van der Waals surface area contributed by atoms with Gasteiger partial charge in [-0.15, -0.1) is 0 Å². The summed E-state index contributed by atoms with van der Waals surface area (Å²) >= 11 is 0. The average Bonchev–Trinajstić information content (AvgIpc) is 2.78. The van der Waals surface area contributed by atoms with Gasteiger partial charge in [-0.1, -0.05) is 84.9 Å². The highest BCUT2D eigenvalue weighted by Gasteiger charge is 2.22. The normalized spacial score (nSPS) is 11.9. The van der Waals surface area contributed by atoms with E-state index in [0.717, 1.165) is 21.9 Å². The monoisotopic (exact) mass is 386 g/mol. The maximum atomic E-state index is 13.1. The van der Waals surface area contributed by atoms with Crippen LogP contribution in [0.15, 0.2) is 91.0 Å². The number of fused-ring (bicyclic) bond motifs is 1. The molecular weight excluding hydrogens is 367 g/mol. The predicted octanol–water partition coefficient (Wildman–Crippen LogP) is 5.54. The van der Waals surface area contributed by atoms with Crippen molar-refractivity contribution in [1.29, 1.82) is 0 Å². The highest BCUT2D eigenvalue weighted by molar-refractivity contribution is 7.71. The molecule has 4 heteroatoms. The van der Waals surface area contributed by atoms with E-state index in [2.05, 4.69) is 0 Å². The standard InChI is InChI=1S/C24H19O3P/c1-27-22-16-13-19-9-5-6-10-21(19)23(22)24(25)28(26)20-14-11-18(12-15-20)17-7-3-2-4-8-17/h2-16,28H,1H3. The summed E-state index contributed by atoms with van der Waals surface area (Å²) in [4.78, 5) is 13.1. The third-order valence-corrected chi connectivity index (χ3v) is 6.32. The van der Waals surface area contributed by atoms with Crippen molar-refractivity contribution in [2.24, 2.45) is 0 Å². The first-order valence-electron chi connectivity index (χ1n) is 8.99. The fourth-order valence-corrected chi connectivity index (χ4v) is 4.56. The molecule has 1 atom stereocenters. The molecule has 0 bridgehead atoms. The quantitative estimate of drug-likeness (QED) is 0.423. The van der Waals surface area contributed by atoms with Crippen molar-refractivity contribution in [2.75, 3.05) is 7.11 Å². The molecule has 0 spiro atoms. The number of rotatable bonds is 5. The van der Waals surface area contributed by atoms with Crippen molar-refractivity contribution in [3.8, 4) is 16.9 Å². The van der Waals surface area contributed by atoms with Gasteiger partial charge in [0.15, 0.2) is 7.80 Å². The van der Waals surface area contributed by atoms with E-state index in [4.69, 9.17) is 4.74 Å². The Morgan fingerprint density at radius 2 is 1.39 bits per heavy atom. The Labute approximate surface area is 164 Å². The van der Waals surface area contributed by atoms with Crippen LogP contribution in [0.3, 0.4) is 0 Å². The van der Waals surface area contributed by atoms with Crippen molar-refractivity contribution < 1.29 is 14.1 Å². The Balaban J connectivity index is 1.71. The Bertz CT molecular complexity index is 1170. The molecule has 28 heavy (non-hydrogen) atoms. The van der Waals surface area contributed by atoms with E-state index in [9.17, 15) is 9.36 Å². The zero-order valence-corrected chi connectivity index (χ0v) is 16.4. The molecule has 0 fully saturated rings. The molecule has 0 aliphatic rings. The number of carbonyl (C=O) groups is 1. The van der Waals surface area contributed by atoms with Crippen molar-refractivity contribution in [1.82, 2.24) is 0 Å². The predicted molar refractivity (Wildman–Crippen MR) is 115 cm³/mol. The minimum atomic E-state index is -2.69. The van der Waals surface area contributed by atoms with E-state index >= 15 is 0 Å². The molecule has 138 valence electrons. The van der Waals surface area contributed by atoms with Crippen LogP contribution in [0, 0.1) is 0 Å². The Kier molecular flexibility index (Phi) is 5.10. The Morgan fingerprint density at radius 1 is 0.750 bits per heavy atom. The minimum absolute atomic E-state index is 0.383. The summed E-state index contributed by atoms with van der Waals surface area (Å²) in [6, 6.07) is 28.5. The molecule has 1 unspecified atom stereocenters. The molecule has 0 saturated carbocycles. The van der Waals surface area contributed by atoms with Gasteiger partial charge in [-0.25, -0.2) is 0 Å². The summed E-state index contributed by atoms with van der Waals surface area (Å²) in [5.74, 6) is 0.447. The molecule has 0 aliphatic carbocycles. The number of methoxy groups -OCH3 is 1. The van der Waals surface area contributed by atoms with Crippen molar-refractivity contribution >= 4 is 29.4 Å². The van der Waals surface area contributed by atoms with Gasteiger partial charge in [0, 0.05) is 5.30 Å². The van der Waals surface area contributed by atoms with Gasteiger partial charge in [-0.05, 0) is 28.0 Å². The second kappa shape index (κ2) is 7.84. The lowest BCUT2D eigenvalue weighted by Crippen LogP contribution is -2.06. The van der Waals surface area contributed by atoms with Crippen LogP contribution in [0.4, 0.5) is 0 Å². The van der Waals surface area contributed by atoms with Gasteiger partial charge < -0.3 is 9.30 Å². The van der Waals surface area contributed by atoms with Crippen LogP contribution >= 0.6 is 7.80 Å². The van der Waals surface area contributed by atoms with E-state index < -0.39 is 7.80 Å². The van der Waals surface area contributed by atoms with Gasteiger partial charge in [-0.2, -0.15) is 0 Å². The molecule has 3 nitrogen and oxygen atoms in total. The van der Waals surface area contributed by atoms with Gasteiger partial charge in [0.25, 0.3) is 0 Å². The lowest BCUT2D eigenvalue weighted by molar-refractivity contribution is 0.107. The number of ether oxygens (including phenoxy) is 1.